The third-order valence-electron chi connectivity index (χ3n) is 9.25. The Labute approximate surface area is 241 Å². The van der Waals surface area contributed by atoms with E-state index in [-0.39, 0.29) is 35.1 Å². The van der Waals surface area contributed by atoms with Crippen molar-refractivity contribution < 1.29 is 18.4 Å². The van der Waals surface area contributed by atoms with Gasteiger partial charge in [0.15, 0.2) is 0 Å². The molecule has 8 heteroatoms. The van der Waals surface area contributed by atoms with Gasteiger partial charge in [0.25, 0.3) is 0 Å². The van der Waals surface area contributed by atoms with Crippen molar-refractivity contribution in [3.05, 3.63) is 69.7 Å². The number of piperidine rings is 1. The molecule has 0 saturated carbocycles. The van der Waals surface area contributed by atoms with Crippen LogP contribution in [0.3, 0.4) is 0 Å². The number of benzene rings is 2. The largest absolute Gasteiger partial charge is 0.342 e. The number of carbonyl (C=O) groups is 2. The van der Waals surface area contributed by atoms with E-state index >= 15 is 0 Å². The van der Waals surface area contributed by atoms with E-state index in [0.29, 0.717) is 36.8 Å². The summed E-state index contributed by atoms with van der Waals surface area (Å²) in [6, 6.07) is 9.56. The van der Waals surface area contributed by atoms with Crippen molar-refractivity contribution in [3.8, 4) is 0 Å². The lowest BCUT2D eigenvalue weighted by atomic mass is 9.81. The van der Waals surface area contributed by atoms with Gasteiger partial charge in [0, 0.05) is 61.8 Å². The number of hydrogen-bond donors (Lipinski definition) is 0. The molecule has 40 heavy (non-hydrogen) atoms. The summed E-state index contributed by atoms with van der Waals surface area (Å²) in [6.07, 6.45) is 2.63. The number of amides is 2. The van der Waals surface area contributed by atoms with Crippen LogP contribution in [0.5, 0.6) is 0 Å². The quantitative estimate of drug-likeness (QED) is 0.431. The van der Waals surface area contributed by atoms with Crippen LogP contribution in [0.2, 0.25) is 5.02 Å². The van der Waals surface area contributed by atoms with Crippen LogP contribution in [-0.2, 0) is 9.59 Å². The average Bonchev–Trinajstić information content (AvgIpc) is 3.33. The van der Waals surface area contributed by atoms with Crippen LogP contribution >= 0.6 is 11.6 Å². The molecule has 0 aliphatic carbocycles. The van der Waals surface area contributed by atoms with Gasteiger partial charge in [-0.1, -0.05) is 23.7 Å². The number of hydrogen-bond acceptors (Lipinski definition) is 3. The molecule has 3 fully saturated rings. The second-order valence-electron chi connectivity index (χ2n) is 12.7. The van der Waals surface area contributed by atoms with Crippen LogP contribution in [0, 0.1) is 17.6 Å². The van der Waals surface area contributed by atoms with Crippen LogP contribution in [0.1, 0.15) is 81.4 Å². The van der Waals surface area contributed by atoms with E-state index in [9.17, 15) is 18.4 Å². The van der Waals surface area contributed by atoms with Gasteiger partial charge in [0.1, 0.15) is 11.6 Å². The van der Waals surface area contributed by atoms with Gasteiger partial charge in [-0.2, -0.15) is 0 Å². The predicted molar refractivity (Wildman–Crippen MR) is 154 cm³/mol. The Morgan fingerprint density at radius 1 is 0.925 bits per heavy atom. The number of likely N-dealkylation sites (tertiary alicyclic amines) is 3. The normalized spacial score (nSPS) is 23.3. The lowest BCUT2D eigenvalue weighted by Gasteiger charge is -2.37. The lowest BCUT2D eigenvalue weighted by Crippen LogP contribution is -2.45. The van der Waals surface area contributed by atoms with Crippen molar-refractivity contribution in [3.63, 3.8) is 0 Å². The van der Waals surface area contributed by atoms with E-state index in [1.165, 1.54) is 12.1 Å². The third-order valence-corrected chi connectivity index (χ3v) is 9.48. The van der Waals surface area contributed by atoms with Crippen LogP contribution in [0.25, 0.3) is 0 Å². The molecule has 0 radical (unpaired) electrons. The molecule has 2 amide bonds. The van der Waals surface area contributed by atoms with Crippen LogP contribution in [0.4, 0.5) is 8.78 Å². The first-order valence-corrected chi connectivity index (χ1v) is 14.9. The molecule has 0 bridgehead atoms. The van der Waals surface area contributed by atoms with Crippen LogP contribution < -0.4 is 0 Å². The highest BCUT2D eigenvalue weighted by Gasteiger charge is 2.45. The Bertz CT molecular complexity index is 1270. The summed E-state index contributed by atoms with van der Waals surface area (Å²) in [5.74, 6) is -1.78. The number of carbonyl (C=O) groups excluding carboxylic acids is 2. The molecular weight excluding hydrogens is 532 g/mol. The maximum absolute atomic E-state index is 14.9. The fourth-order valence-corrected chi connectivity index (χ4v) is 6.78. The summed E-state index contributed by atoms with van der Waals surface area (Å²) in [5.41, 5.74) is 2.36. The maximum Gasteiger partial charge on any atom is 0.229 e. The van der Waals surface area contributed by atoms with Gasteiger partial charge < -0.3 is 9.80 Å². The zero-order valence-electron chi connectivity index (χ0n) is 23.9. The molecule has 3 saturated heterocycles. The van der Waals surface area contributed by atoms with Crippen molar-refractivity contribution in [2.45, 2.75) is 70.3 Å². The first-order chi connectivity index (χ1) is 18.9. The minimum atomic E-state index is -0.612. The Morgan fingerprint density at radius 3 is 2.20 bits per heavy atom. The Balaban J connectivity index is 1.32. The molecule has 3 aliphatic heterocycles. The smallest absolute Gasteiger partial charge is 0.229 e. The molecule has 2 unspecified atom stereocenters. The van der Waals surface area contributed by atoms with Gasteiger partial charge in [0.05, 0.1) is 11.8 Å². The molecule has 3 heterocycles. The van der Waals surface area contributed by atoms with Crippen molar-refractivity contribution in [1.29, 1.82) is 0 Å². The lowest BCUT2D eigenvalue weighted by molar-refractivity contribution is -0.137. The average molecular weight is 572 g/mol. The number of rotatable bonds is 5. The molecule has 5 rings (SSSR count). The van der Waals surface area contributed by atoms with E-state index in [1.54, 1.807) is 0 Å². The van der Waals surface area contributed by atoms with Gasteiger partial charge in [0.2, 0.25) is 11.8 Å². The van der Waals surface area contributed by atoms with Gasteiger partial charge in [-0.05, 0) is 87.8 Å². The highest BCUT2D eigenvalue weighted by atomic mass is 35.5. The fourth-order valence-electron chi connectivity index (χ4n) is 6.60. The van der Waals surface area contributed by atoms with E-state index in [0.717, 1.165) is 49.5 Å². The molecule has 216 valence electrons. The van der Waals surface area contributed by atoms with Crippen molar-refractivity contribution in [1.82, 2.24) is 14.7 Å². The zero-order valence-corrected chi connectivity index (χ0v) is 24.7. The molecule has 0 N–H and O–H groups in total. The minimum absolute atomic E-state index is 0.0385. The summed E-state index contributed by atoms with van der Waals surface area (Å²) in [7, 11) is 0. The van der Waals surface area contributed by atoms with Gasteiger partial charge in [-0.25, -0.2) is 8.78 Å². The Kier molecular flexibility index (Phi) is 8.27. The summed E-state index contributed by atoms with van der Waals surface area (Å²) in [5, 5.41) is 0.623. The summed E-state index contributed by atoms with van der Waals surface area (Å²) < 4.78 is 28.6. The van der Waals surface area contributed by atoms with Gasteiger partial charge in [-0.15, -0.1) is 0 Å². The monoisotopic (exact) mass is 571 g/mol. The third kappa shape index (κ3) is 5.78. The second-order valence-corrected chi connectivity index (χ2v) is 13.2. The molecule has 2 aromatic carbocycles. The van der Waals surface area contributed by atoms with E-state index in [2.05, 4.69) is 25.7 Å². The first-order valence-electron chi connectivity index (χ1n) is 14.5. The van der Waals surface area contributed by atoms with Gasteiger partial charge >= 0.3 is 0 Å². The SMILES string of the molecule is CC(C(=O)N1CCC1)c1cc(Cl)ccc1C1CCN(C(=O)[C@@H]2CN(C(C)(C)C)CC2c2ccc(F)cc2F)CC1. The highest BCUT2D eigenvalue weighted by Crippen LogP contribution is 2.41. The predicted octanol–water partition coefficient (Wildman–Crippen LogP) is 6.17. The number of nitrogens with zero attached hydrogens (tertiary/aromatic N) is 3. The Morgan fingerprint density at radius 2 is 1.60 bits per heavy atom. The zero-order chi connectivity index (χ0) is 28.8. The Hall–Kier alpha value is -2.51. The summed E-state index contributed by atoms with van der Waals surface area (Å²) >= 11 is 6.37. The van der Waals surface area contributed by atoms with E-state index in [1.807, 2.05) is 34.9 Å². The second kappa shape index (κ2) is 11.4. The molecule has 0 aromatic heterocycles. The molecule has 0 spiro atoms. The van der Waals surface area contributed by atoms with Crippen molar-refractivity contribution in [2.24, 2.45) is 5.92 Å². The van der Waals surface area contributed by atoms with Crippen molar-refractivity contribution >= 4 is 23.4 Å². The summed E-state index contributed by atoms with van der Waals surface area (Å²) in [6.45, 7) is 12.2. The standard InChI is InChI=1S/C32H40ClF2N3O2/c1-20(30(39)36-12-5-13-36)26-16-22(33)6-8-24(26)21-10-14-37(15-11-21)31(40)28-19-38(32(2,3)4)18-27(28)25-9-7-23(34)17-29(25)35/h6-9,16-17,20-21,27-28H,5,10-15,18-19H2,1-4H3/t20?,27?,28-/m1/s1. The van der Waals surface area contributed by atoms with Crippen molar-refractivity contribution in [2.75, 3.05) is 39.3 Å². The van der Waals surface area contributed by atoms with Gasteiger partial charge in [-0.3, -0.25) is 14.5 Å². The molecule has 5 nitrogen and oxygen atoms in total. The maximum atomic E-state index is 14.9. The van der Waals surface area contributed by atoms with Crippen LogP contribution in [0.15, 0.2) is 36.4 Å². The molecule has 3 atom stereocenters. The molecule has 3 aliphatic rings. The van der Waals surface area contributed by atoms with E-state index < -0.39 is 17.6 Å². The number of halogens is 3. The first kappa shape index (κ1) is 29.0. The van der Waals surface area contributed by atoms with E-state index in [4.69, 9.17) is 11.6 Å². The highest BCUT2D eigenvalue weighted by molar-refractivity contribution is 6.30. The topological polar surface area (TPSA) is 43.9 Å². The molecular formula is C32H40ClF2N3O2. The molecule has 2 aromatic rings. The minimum Gasteiger partial charge on any atom is -0.342 e. The van der Waals surface area contributed by atoms with Crippen LogP contribution in [-0.4, -0.2) is 71.3 Å². The fraction of sp³-hybridized carbons (Fsp3) is 0.562. The summed E-state index contributed by atoms with van der Waals surface area (Å²) in [4.78, 5) is 33.0.